The van der Waals surface area contributed by atoms with Crippen LogP contribution >= 0.6 is 0 Å². The fraction of sp³-hybridized carbons (Fsp3) is 0. The maximum Gasteiger partial charge on any atom is 0.0998 e. The summed E-state index contributed by atoms with van der Waals surface area (Å²) in [5.41, 5.74) is 2.24. The summed E-state index contributed by atoms with van der Waals surface area (Å²) in [5, 5.41) is 6.13. The van der Waals surface area contributed by atoms with E-state index in [1.165, 1.54) is 5.56 Å². The van der Waals surface area contributed by atoms with Crippen LogP contribution in [0.2, 0.25) is 0 Å². The standard InChI is InChI=1S/C10H10N2/c1-8-11-7-10(12-8)9-5-3-2-4-6-9/h2-7,11-12H,1H2. The molecule has 0 bridgehead atoms. The molecule has 2 heteroatoms. The Hall–Kier alpha value is -1.70. The molecule has 2 nitrogen and oxygen atoms in total. The summed E-state index contributed by atoms with van der Waals surface area (Å²) < 4.78 is 0. The van der Waals surface area contributed by atoms with Gasteiger partial charge in [0, 0.05) is 6.20 Å². The lowest BCUT2D eigenvalue weighted by atomic mass is 10.2. The second-order valence-corrected chi connectivity index (χ2v) is 2.67. The van der Waals surface area contributed by atoms with E-state index >= 15 is 0 Å². The normalized spacial score (nSPS) is 15.0. The highest BCUT2D eigenvalue weighted by atomic mass is 15.1. The molecule has 0 radical (unpaired) electrons. The molecule has 2 rings (SSSR count). The second-order valence-electron chi connectivity index (χ2n) is 2.67. The Morgan fingerprint density at radius 2 is 1.83 bits per heavy atom. The number of hydrogen-bond acceptors (Lipinski definition) is 2. The smallest absolute Gasteiger partial charge is 0.0998 e. The molecule has 1 aromatic carbocycles. The summed E-state index contributed by atoms with van der Waals surface area (Å²) in [6, 6.07) is 10.1. The first-order valence-electron chi connectivity index (χ1n) is 3.84. The van der Waals surface area contributed by atoms with Gasteiger partial charge in [-0.15, -0.1) is 0 Å². The number of benzene rings is 1. The molecule has 0 aliphatic carbocycles. The van der Waals surface area contributed by atoms with Gasteiger partial charge in [-0.3, -0.25) is 0 Å². The van der Waals surface area contributed by atoms with Crippen LogP contribution in [0.25, 0.3) is 5.70 Å². The minimum absolute atomic E-state index is 0.828. The van der Waals surface area contributed by atoms with Crippen molar-refractivity contribution in [1.82, 2.24) is 10.6 Å². The first-order valence-corrected chi connectivity index (χ1v) is 3.84. The van der Waals surface area contributed by atoms with E-state index < -0.39 is 0 Å². The van der Waals surface area contributed by atoms with Crippen molar-refractivity contribution in [1.29, 1.82) is 0 Å². The fourth-order valence-electron chi connectivity index (χ4n) is 1.17. The molecule has 1 aromatic rings. The second kappa shape index (κ2) is 2.74. The van der Waals surface area contributed by atoms with Crippen molar-refractivity contribution in [3.05, 3.63) is 54.5 Å². The Morgan fingerprint density at radius 3 is 2.42 bits per heavy atom. The fourth-order valence-corrected chi connectivity index (χ4v) is 1.17. The van der Waals surface area contributed by atoms with E-state index in [-0.39, 0.29) is 0 Å². The van der Waals surface area contributed by atoms with Crippen molar-refractivity contribution in [2.75, 3.05) is 0 Å². The average Bonchev–Trinajstić information content (AvgIpc) is 2.54. The van der Waals surface area contributed by atoms with Gasteiger partial charge in [-0.05, 0) is 5.56 Å². The monoisotopic (exact) mass is 158 g/mol. The van der Waals surface area contributed by atoms with Gasteiger partial charge in [0.1, 0.15) is 0 Å². The van der Waals surface area contributed by atoms with Crippen LogP contribution in [0, 0.1) is 0 Å². The highest BCUT2D eigenvalue weighted by Crippen LogP contribution is 2.13. The maximum atomic E-state index is 3.76. The summed E-state index contributed by atoms with van der Waals surface area (Å²) in [6.45, 7) is 3.76. The van der Waals surface area contributed by atoms with Crippen molar-refractivity contribution in [2.45, 2.75) is 0 Å². The first kappa shape index (κ1) is 6.98. The molecule has 0 saturated heterocycles. The van der Waals surface area contributed by atoms with E-state index in [4.69, 9.17) is 0 Å². The van der Waals surface area contributed by atoms with Crippen LogP contribution in [-0.2, 0) is 0 Å². The predicted octanol–water partition coefficient (Wildman–Crippen LogP) is 1.65. The van der Waals surface area contributed by atoms with Gasteiger partial charge in [0.25, 0.3) is 0 Å². The van der Waals surface area contributed by atoms with Crippen molar-refractivity contribution < 1.29 is 0 Å². The van der Waals surface area contributed by atoms with E-state index in [0.717, 1.165) is 11.5 Å². The van der Waals surface area contributed by atoms with Crippen LogP contribution < -0.4 is 10.6 Å². The predicted molar refractivity (Wildman–Crippen MR) is 49.8 cm³/mol. The lowest BCUT2D eigenvalue weighted by Gasteiger charge is -2.02. The van der Waals surface area contributed by atoms with Crippen molar-refractivity contribution in [2.24, 2.45) is 0 Å². The van der Waals surface area contributed by atoms with Crippen LogP contribution in [0.4, 0.5) is 0 Å². The topological polar surface area (TPSA) is 24.1 Å². The number of rotatable bonds is 1. The molecule has 0 fully saturated rings. The molecule has 0 atom stereocenters. The van der Waals surface area contributed by atoms with Crippen molar-refractivity contribution >= 4 is 5.70 Å². The van der Waals surface area contributed by atoms with Gasteiger partial charge in [-0.25, -0.2) is 0 Å². The zero-order valence-corrected chi connectivity index (χ0v) is 6.67. The Balaban J connectivity index is 2.28. The minimum atomic E-state index is 0.828. The van der Waals surface area contributed by atoms with Gasteiger partial charge >= 0.3 is 0 Å². The molecule has 0 spiro atoms. The van der Waals surface area contributed by atoms with Crippen LogP contribution in [-0.4, -0.2) is 0 Å². The molecule has 1 heterocycles. The van der Waals surface area contributed by atoms with Crippen LogP contribution in [0.3, 0.4) is 0 Å². The summed E-state index contributed by atoms with van der Waals surface area (Å²) in [7, 11) is 0. The largest absolute Gasteiger partial charge is 0.347 e. The Bertz CT molecular complexity index is 325. The Morgan fingerprint density at radius 1 is 1.08 bits per heavy atom. The highest BCUT2D eigenvalue weighted by molar-refractivity contribution is 5.67. The lowest BCUT2D eigenvalue weighted by Crippen LogP contribution is -2.09. The third-order valence-electron chi connectivity index (χ3n) is 1.76. The van der Waals surface area contributed by atoms with E-state index in [1.807, 2.05) is 24.4 Å². The Kier molecular flexibility index (Phi) is 1.59. The SMILES string of the molecule is C=C1NC=C(c2ccccc2)N1. The van der Waals surface area contributed by atoms with Gasteiger partial charge < -0.3 is 10.6 Å². The summed E-state index contributed by atoms with van der Waals surface area (Å²) in [5.74, 6) is 0.828. The molecule has 1 aliphatic heterocycles. The van der Waals surface area contributed by atoms with Crippen LogP contribution in [0.1, 0.15) is 5.56 Å². The lowest BCUT2D eigenvalue weighted by molar-refractivity contribution is 1.01. The molecule has 60 valence electrons. The molecule has 0 amide bonds. The molecule has 0 aromatic heterocycles. The van der Waals surface area contributed by atoms with Gasteiger partial charge in [0.2, 0.25) is 0 Å². The van der Waals surface area contributed by atoms with Crippen molar-refractivity contribution in [3.8, 4) is 0 Å². The van der Waals surface area contributed by atoms with E-state index in [2.05, 4.69) is 29.3 Å². The molecule has 1 aliphatic rings. The van der Waals surface area contributed by atoms with Gasteiger partial charge in [-0.2, -0.15) is 0 Å². The molecule has 0 unspecified atom stereocenters. The van der Waals surface area contributed by atoms with E-state index in [1.54, 1.807) is 0 Å². The van der Waals surface area contributed by atoms with E-state index in [0.29, 0.717) is 0 Å². The summed E-state index contributed by atoms with van der Waals surface area (Å²) >= 11 is 0. The molecule has 12 heavy (non-hydrogen) atoms. The number of hydrogen-bond donors (Lipinski definition) is 2. The van der Waals surface area contributed by atoms with Crippen LogP contribution in [0.5, 0.6) is 0 Å². The van der Waals surface area contributed by atoms with Gasteiger partial charge in [-0.1, -0.05) is 36.9 Å². The zero-order valence-electron chi connectivity index (χ0n) is 6.67. The van der Waals surface area contributed by atoms with Gasteiger partial charge in [0.05, 0.1) is 11.5 Å². The first-order chi connectivity index (χ1) is 5.86. The summed E-state index contributed by atoms with van der Waals surface area (Å²) in [6.07, 6.45) is 1.91. The third-order valence-corrected chi connectivity index (χ3v) is 1.76. The third kappa shape index (κ3) is 1.19. The maximum absolute atomic E-state index is 3.76. The molecular weight excluding hydrogens is 148 g/mol. The average molecular weight is 158 g/mol. The minimum Gasteiger partial charge on any atom is -0.347 e. The number of nitrogens with one attached hydrogen (secondary N) is 2. The molecule has 2 N–H and O–H groups in total. The van der Waals surface area contributed by atoms with Crippen LogP contribution in [0.15, 0.2) is 48.9 Å². The Labute approximate surface area is 71.6 Å². The quantitative estimate of drug-likeness (QED) is 0.649. The zero-order chi connectivity index (χ0) is 8.39. The highest BCUT2D eigenvalue weighted by Gasteiger charge is 2.06. The summed E-state index contributed by atoms with van der Waals surface area (Å²) in [4.78, 5) is 0. The van der Waals surface area contributed by atoms with E-state index in [9.17, 15) is 0 Å². The molecule has 0 saturated carbocycles. The molecular formula is C10H10N2. The van der Waals surface area contributed by atoms with Gasteiger partial charge in [0.15, 0.2) is 0 Å². The van der Waals surface area contributed by atoms with Crippen molar-refractivity contribution in [3.63, 3.8) is 0 Å².